The summed E-state index contributed by atoms with van der Waals surface area (Å²) in [6.07, 6.45) is 0. The maximum Gasteiger partial charge on any atom is 0.231 e. The van der Waals surface area contributed by atoms with E-state index in [-0.39, 0.29) is 12.8 Å². The minimum Gasteiger partial charge on any atom is -0.454 e. The van der Waals surface area contributed by atoms with Crippen molar-refractivity contribution in [2.45, 2.75) is 12.6 Å². The number of benzene rings is 2. The van der Waals surface area contributed by atoms with Gasteiger partial charge in [-0.15, -0.1) is 11.3 Å². The summed E-state index contributed by atoms with van der Waals surface area (Å²) in [6, 6.07) is 20.4. The molecular weight excluding hydrogens is 364 g/mol. The first-order chi connectivity index (χ1) is 12.8. The molecule has 6 heteroatoms. The fraction of sp³-hybridized carbons (Fsp3) is 0.150. The van der Waals surface area contributed by atoms with Crippen LogP contribution in [0.25, 0.3) is 0 Å². The van der Waals surface area contributed by atoms with Gasteiger partial charge in [0.05, 0.1) is 6.04 Å². The third-order valence-corrected chi connectivity index (χ3v) is 5.33. The topological polar surface area (TPSA) is 42.5 Å². The van der Waals surface area contributed by atoms with Crippen LogP contribution < -0.4 is 20.1 Å². The summed E-state index contributed by atoms with van der Waals surface area (Å²) in [5.41, 5.74) is 2.27. The zero-order valence-electron chi connectivity index (χ0n) is 14.0. The quantitative estimate of drug-likeness (QED) is 0.647. The summed E-state index contributed by atoms with van der Waals surface area (Å²) in [5, 5.41) is 9.41. The average molecular weight is 383 g/mol. The van der Waals surface area contributed by atoms with Crippen molar-refractivity contribution in [3.63, 3.8) is 0 Å². The molecule has 0 unspecified atom stereocenters. The molecule has 0 fully saturated rings. The predicted octanol–water partition coefficient (Wildman–Crippen LogP) is 4.23. The molecule has 0 amide bonds. The number of fused-ring (bicyclic) bond motifs is 1. The van der Waals surface area contributed by atoms with Crippen LogP contribution in [0.2, 0.25) is 0 Å². The number of hydrogen-bond acceptors (Lipinski definition) is 4. The van der Waals surface area contributed by atoms with Gasteiger partial charge in [0.1, 0.15) is 0 Å². The highest BCUT2D eigenvalue weighted by Gasteiger charge is 2.16. The van der Waals surface area contributed by atoms with Crippen molar-refractivity contribution in [2.24, 2.45) is 0 Å². The number of rotatable bonds is 5. The zero-order valence-corrected chi connectivity index (χ0v) is 15.6. The molecule has 4 nitrogen and oxygen atoms in total. The lowest BCUT2D eigenvalue weighted by molar-refractivity contribution is 0.174. The molecule has 1 atom stereocenters. The first kappa shape index (κ1) is 16.9. The Morgan fingerprint density at radius 3 is 2.69 bits per heavy atom. The molecule has 0 radical (unpaired) electrons. The Balaban J connectivity index is 1.42. The second kappa shape index (κ2) is 7.76. The van der Waals surface area contributed by atoms with E-state index in [1.54, 1.807) is 11.3 Å². The third kappa shape index (κ3) is 3.81. The van der Waals surface area contributed by atoms with Crippen molar-refractivity contribution in [3.8, 4) is 11.5 Å². The minimum absolute atomic E-state index is 0.0351. The van der Waals surface area contributed by atoms with Gasteiger partial charge in [0.2, 0.25) is 6.79 Å². The summed E-state index contributed by atoms with van der Waals surface area (Å²) in [5.74, 6) is 1.57. The zero-order chi connectivity index (χ0) is 17.8. The predicted molar refractivity (Wildman–Crippen MR) is 108 cm³/mol. The van der Waals surface area contributed by atoms with Gasteiger partial charge >= 0.3 is 0 Å². The van der Waals surface area contributed by atoms with Crippen LogP contribution >= 0.6 is 23.6 Å². The van der Waals surface area contributed by atoms with Gasteiger partial charge in [0, 0.05) is 11.4 Å². The van der Waals surface area contributed by atoms with Crippen LogP contribution in [0, 0.1) is 0 Å². The summed E-state index contributed by atoms with van der Waals surface area (Å²) in [6.45, 7) is 0.903. The van der Waals surface area contributed by atoms with Crippen LogP contribution in [0.4, 0.5) is 0 Å². The molecule has 1 aliphatic rings. The lowest BCUT2D eigenvalue weighted by atomic mass is 10.1. The molecule has 4 rings (SSSR count). The van der Waals surface area contributed by atoms with E-state index in [0.717, 1.165) is 17.1 Å². The Morgan fingerprint density at radius 1 is 1.04 bits per heavy atom. The van der Waals surface area contributed by atoms with Gasteiger partial charge < -0.3 is 20.1 Å². The fourth-order valence-corrected chi connectivity index (χ4v) is 3.83. The molecule has 0 bridgehead atoms. The van der Waals surface area contributed by atoms with E-state index < -0.39 is 0 Å². The summed E-state index contributed by atoms with van der Waals surface area (Å²) in [4.78, 5) is 1.23. The number of thiophene rings is 1. The largest absolute Gasteiger partial charge is 0.454 e. The lowest BCUT2D eigenvalue weighted by Gasteiger charge is -2.20. The van der Waals surface area contributed by atoms with Crippen molar-refractivity contribution in [1.82, 2.24) is 10.6 Å². The summed E-state index contributed by atoms with van der Waals surface area (Å²) in [7, 11) is 0. The number of nitrogens with one attached hydrogen (secondary N) is 2. The highest BCUT2D eigenvalue weighted by molar-refractivity contribution is 7.80. The molecule has 3 aromatic rings. The molecule has 132 valence electrons. The van der Waals surface area contributed by atoms with Crippen LogP contribution in [0.5, 0.6) is 11.5 Å². The number of hydrogen-bond donors (Lipinski definition) is 2. The Bertz CT molecular complexity index is 882. The molecule has 1 aliphatic heterocycles. The van der Waals surface area contributed by atoms with Gasteiger partial charge in [-0.2, -0.15) is 0 Å². The maximum atomic E-state index is 5.53. The molecule has 0 saturated carbocycles. The SMILES string of the molecule is S=C(NCc1ccc2c(c1)OCO2)N[C@H](c1ccccc1)c1cccs1. The van der Waals surface area contributed by atoms with Gasteiger partial charge in [-0.25, -0.2) is 0 Å². The first-order valence-corrected chi connectivity index (χ1v) is 9.59. The van der Waals surface area contributed by atoms with Gasteiger partial charge in [-0.1, -0.05) is 42.5 Å². The molecule has 0 spiro atoms. The molecule has 0 saturated heterocycles. The molecule has 2 N–H and O–H groups in total. The van der Waals surface area contributed by atoms with Crippen molar-refractivity contribution in [3.05, 3.63) is 82.0 Å². The van der Waals surface area contributed by atoms with Gasteiger partial charge in [0.25, 0.3) is 0 Å². The average Bonchev–Trinajstić information content (AvgIpc) is 3.36. The van der Waals surface area contributed by atoms with Crippen molar-refractivity contribution in [2.75, 3.05) is 6.79 Å². The van der Waals surface area contributed by atoms with Crippen LogP contribution in [-0.2, 0) is 6.54 Å². The monoisotopic (exact) mass is 382 g/mol. The summed E-state index contributed by atoms with van der Waals surface area (Å²) >= 11 is 7.24. The maximum absolute atomic E-state index is 5.53. The van der Waals surface area contributed by atoms with Gasteiger partial charge in [-0.05, 0) is 46.9 Å². The van der Waals surface area contributed by atoms with E-state index >= 15 is 0 Å². The molecule has 0 aliphatic carbocycles. The molecule has 1 aromatic heterocycles. The molecule has 26 heavy (non-hydrogen) atoms. The van der Waals surface area contributed by atoms with Gasteiger partial charge in [0.15, 0.2) is 16.6 Å². The Kier molecular flexibility index (Phi) is 5.04. The fourth-order valence-electron chi connectivity index (χ4n) is 2.84. The second-order valence-corrected chi connectivity index (χ2v) is 7.26. The lowest BCUT2D eigenvalue weighted by Crippen LogP contribution is -2.37. The van der Waals surface area contributed by atoms with Crippen LogP contribution in [0.3, 0.4) is 0 Å². The van der Waals surface area contributed by atoms with Crippen LogP contribution in [0.15, 0.2) is 66.0 Å². The Labute approximate surface area is 161 Å². The van der Waals surface area contributed by atoms with E-state index in [9.17, 15) is 0 Å². The smallest absolute Gasteiger partial charge is 0.231 e. The Hall–Kier alpha value is -2.57. The number of thiocarbonyl (C=S) groups is 1. The van der Waals surface area contributed by atoms with Crippen LogP contribution in [-0.4, -0.2) is 11.9 Å². The highest BCUT2D eigenvalue weighted by Crippen LogP contribution is 2.32. The number of ether oxygens (including phenoxy) is 2. The van der Waals surface area contributed by atoms with Gasteiger partial charge in [-0.3, -0.25) is 0 Å². The molecule has 2 aromatic carbocycles. The standard InChI is InChI=1S/C20H18N2O2S2/c25-20(21-12-14-8-9-16-17(11-14)24-13-23-16)22-19(18-7-4-10-26-18)15-5-2-1-3-6-15/h1-11,19H,12-13H2,(H2,21,22,25)/t19-/m1/s1. The van der Waals surface area contributed by atoms with E-state index in [1.807, 2.05) is 36.4 Å². The highest BCUT2D eigenvalue weighted by atomic mass is 32.1. The Morgan fingerprint density at radius 2 is 1.88 bits per heavy atom. The molecular formula is C20H18N2O2S2. The van der Waals surface area contributed by atoms with E-state index in [2.05, 4.69) is 40.3 Å². The summed E-state index contributed by atoms with van der Waals surface area (Å²) < 4.78 is 10.8. The van der Waals surface area contributed by atoms with Crippen molar-refractivity contribution < 1.29 is 9.47 Å². The van der Waals surface area contributed by atoms with Crippen LogP contribution in [0.1, 0.15) is 22.0 Å². The third-order valence-electron chi connectivity index (χ3n) is 4.13. The molecule has 2 heterocycles. The second-order valence-electron chi connectivity index (χ2n) is 5.87. The first-order valence-electron chi connectivity index (χ1n) is 8.31. The van der Waals surface area contributed by atoms with E-state index in [4.69, 9.17) is 21.7 Å². The van der Waals surface area contributed by atoms with E-state index in [0.29, 0.717) is 11.7 Å². The minimum atomic E-state index is 0.0351. The van der Waals surface area contributed by atoms with Crippen molar-refractivity contribution in [1.29, 1.82) is 0 Å². The van der Waals surface area contributed by atoms with Crippen molar-refractivity contribution >= 4 is 28.7 Å². The van der Waals surface area contributed by atoms with E-state index in [1.165, 1.54) is 10.4 Å². The normalized spacial score (nSPS) is 13.2.